The van der Waals surface area contributed by atoms with Gasteiger partial charge in [0.05, 0.1) is 12.2 Å². The predicted octanol–water partition coefficient (Wildman–Crippen LogP) is 5.28. The summed E-state index contributed by atoms with van der Waals surface area (Å²) in [6.45, 7) is 6.17. The van der Waals surface area contributed by atoms with E-state index in [4.69, 9.17) is 0 Å². The Labute approximate surface area is 160 Å². The van der Waals surface area contributed by atoms with Crippen LogP contribution < -0.4 is 5.32 Å². The third-order valence-electron chi connectivity index (χ3n) is 4.25. The van der Waals surface area contributed by atoms with Gasteiger partial charge in [-0.1, -0.05) is 37.3 Å². The first-order valence-corrected chi connectivity index (χ1v) is 9.54. The number of aromatic nitrogens is 2. The lowest BCUT2D eigenvalue weighted by Gasteiger charge is -2.17. The van der Waals surface area contributed by atoms with Gasteiger partial charge in [0.25, 0.3) is 5.91 Å². The number of halogens is 2. The summed E-state index contributed by atoms with van der Waals surface area (Å²) in [6.07, 6.45) is 3.85. The molecule has 0 aliphatic carbocycles. The van der Waals surface area contributed by atoms with Gasteiger partial charge in [-0.2, -0.15) is 4.39 Å². The lowest BCUT2D eigenvalue weighted by Crippen LogP contribution is -2.19. The molecule has 0 radical (unpaired) electrons. The van der Waals surface area contributed by atoms with Gasteiger partial charge >= 0.3 is 0 Å². The molecule has 1 N–H and O–H groups in total. The van der Waals surface area contributed by atoms with Crippen LogP contribution in [0.5, 0.6) is 0 Å². The average molecular weight is 389 g/mol. The number of hydrogen-bond acceptors (Lipinski definition) is 3. The van der Waals surface area contributed by atoms with E-state index in [0.29, 0.717) is 11.6 Å². The van der Waals surface area contributed by atoms with E-state index < -0.39 is 5.13 Å². The molecule has 0 spiro atoms. The highest BCUT2D eigenvalue weighted by molar-refractivity contribution is 7.14. The van der Waals surface area contributed by atoms with Gasteiger partial charge in [0, 0.05) is 6.20 Å². The molecule has 2 heterocycles. The van der Waals surface area contributed by atoms with E-state index in [2.05, 4.69) is 24.1 Å². The van der Waals surface area contributed by atoms with E-state index >= 15 is 0 Å². The highest BCUT2D eigenvalue weighted by Crippen LogP contribution is 2.25. The maximum absolute atomic E-state index is 13.2. The Hall–Kier alpha value is -2.54. The molecular formula is C20H21F2N3OS. The first kappa shape index (κ1) is 19.2. The molecule has 7 heteroatoms. The molecule has 3 rings (SSSR count). The molecule has 1 atom stereocenters. The molecule has 27 heavy (non-hydrogen) atoms. The highest BCUT2D eigenvalue weighted by atomic mass is 32.1. The van der Waals surface area contributed by atoms with Gasteiger partial charge in [0.2, 0.25) is 0 Å². The Morgan fingerprint density at radius 3 is 2.52 bits per heavy atom. The standard InChI is InChI=1S/C20H21F2N3OS/c1-12(2)8-14-9-17(19(26)24-20-23-10-18(22)27-20)25(11-14)13(3)15-4-6-16(21)7-5-15/h4-7,9-13H,8H2,1-3H3,(H,23,24,26). The van der Waals surface area contributed by atoms with Crippen LogP contribution in [0, 0.1) is 16.9 Å². The number of amides is 1. The van der Waals surface area contributed by atoms with Crippen molar-refractivity contribution in [3.05, 3.63) is 70.5 Å². The van der Waals surface area contributed by atoms with Crippen LogP contribution in [0.4, 0.5) is 13.9 Å². The fraction of sp³-hybridized carbons (Fsp3) is 0.300. The Balaban J connectivity index is 1.94. The van der Waals surface area contributed by atoms with Crippen molar-refractivity contribution in [2.75, 3.05) is 5.32 Å². The van der Waals surface area contributed by atoms with E-state index in [1.54, 1.807) is 12.1 Å². The minimum atomic E-state index is -0.458. The van der Waals surface area contributed by atoms with Crippen LogP contribution in [0.1, 0.15) is 48.4 Å². The summed E-state index contributed by atoms with van der Waals surface area (Å²) in [5, 5.41) is 2.40. The Morgan fingerprint density at radius 1 is 1.22 bits per heavy atom. The van der Waals surface area contributed by atoms with Crippen LogP contribution >= 0.6 is 11.3 Å². The lowest BCUT2D eigenvalue weighted by atomic mass is 10.1. The van der Waals surface area contributed by atoms with Crippen molar-refractivity contribution in [2.45, 2.75) is 33.2 Å². The summed E-state index contributed by atoms with van der Waals surface area (Å²) in [5.41, 5.74) is 2.38. The SMILES string of the molecule is CC(C)Cc1cc(C(=O)Nc2ncc(F)s2)n(C(C)c2ccc(F)cc2)c1. The molecule has 1 amide bonds. The maximum Gasteiger partial charge on any atom is 0.274 e. The minimum absolute atomic E-state index is 0.166. The Bertz CT molecular complexity index is 931. The normalized spacial score (nSPS) is 12.4. The second kappa shape index (κ2) is 8.00. The summed E-state index contributed by atoms with van der Waals surface area (Å²) in [5.74, 6) is -0.220. The molecular weight excluding hydrogens is 368 g/mol. The Morgan fingerprint density at radius 2 is 1.93 bits per heavy atom. The molecule has 0 saturated carbocycles. The van der Waals surface area contributed by atoms with E-state index in [9.17, 15) is 13.6 Å². The number of thiazole rings is 1. The molecule has 1 aromatic carbocycles. The van der Waals surface area contributed by atoms with Crippen LogP contribution in [0.15, 0.2) is 42.7 Å². The first-order chi connectivity index (χ1) is 12.8. The lowest BCUT2D eigenvalue weighted by molar-refractivity contribution is 0.101. The van der Waals surface area contributed by atoms with Gasteiger partial charge in [-0.05, 0) is 48.6 Å². The van der Waals surface area contributed by atoms with Crippen molar-refractivity contribution in [1.82, 2.24) is 9.55 Å². The molecule has 0 aliphatic rings. The Kier molecular flexibility index (Phi) is 5.70. The summed E-state index contributed by atoms with van der Waals surface area (Å²) in [7, 11) is 0. The van der Waals surface area contributed by atoms with Crippen LogP contribution in [-0.4, -0.2) is 15.5 Å². The van der Waals surface area contributed by atoms with Crippen molar-refractivity contribution < 1.29 is 13.6 Å². The van der Waals surface area contributed by atoms with Gasteiger partial charge in [-0.15, -0.1) is 0 Å². The summed E-state index contributed by atoms with van der Waals surface area (Å²) < 4.78 is 28.3. The summed E-state index contributed by atoms with van der Waals surface area (Å²) >= 11 is 0.780. The van der Waals surface area contributed by atoms with Gasteiger partial charge in [-0.25, -0.2) is 9.37 Å². The number of nitrogens with zero attached hydrogens (tertiary/aromatic N) is 2. The molecule has 2 aromatic heterocycles. The van der Waals surface area contributed by atoms with Gasteiger partial charge < -0.3 is 4.57 Å². The van der Waals surface area contributed by atoms with E-state index in [0.717, 1.165) is 35.1 Å². The van der Waals surface area contributed by atoms with Crippen LogP contribution in [-0.2, 0) is 6.42 Å². The molecule has 0 aliphatic heterocycles. The monoisotopic (exact) mass is 389 g/mol. The zero-order valence-corrected chi connectivity index (χ0v) is 16.2. The topological polar surface area (TPSA) is 46.9 Å². The van der Waals surface area contributed by atoms with Gasteiger partial charge in [0.15, 0.2) is 10.3 Å². The zero-order chi connectivity index (χ0) is 19.6. The molecule has 3 aromatic rings. The second-order valence-corrected chi connectivity index (χ2v) is 7.87. The second-order valence-electron chi connectivity index (χ2n) is 6.89. The fourth-order valence-corrected chi connectivity index (χ4v) is 3.54. The van der Waals surface area contributed by atoms with Gasteiger partial charge in [0.1, 0.15) is 11.5 Å². The first-order valence-electron chi connectivity index (χ1n) is 8.72. The van der Waals surface area contributed by atoms with Crippen molar-refractivity contribution in [3.63, 3.8) is 0 Å². The molecule has 142 valence electrons. The fourth-order valence-electron chi connectivity index (χ4n) is 3.00. The van der Waals surface area contributed by atoms with Crippen LogP contribution in [0.3, 0.4) is 0 Å². The van der Waals surface area contributed by atoms with Crippen LogP contribution in [0.2, 0.25) is 0 Å². The number of anilines is 1. The zero-order valence-electron chi connectivity index (χ0n) is 15.4. The largest absolute Gasteiger partial charge is 0.336 e. The van der Waals surface area contributed by atoms with Crippen molar-refractivity contribution in [2.24, 2.45) is 5.92 Å². The van der Waals surface area contributed by atoms with Gasteiger partial charge in [-0.3, -0.25) is 10.1 Å². The number of rotatable bonds is 6. The molecule has 0 saturated heterocycles. The molecule has 0 bridgehead atoms. The number of nitrogens with one attached hydrogen (secondary N) is 1. The van der Waals surface area contributed by atoms with Crippen molar-refractivity contribution in [3.8, 4) is 0 Å². The van der Waals surface area contributed by atoms with Crippen LogP contribution in [0.25, 0.3) is 0 Å². The highest BCUT2D eigenvalue weighted by Gasteiger charge is 2.20. The third-order valence-corrected chi connectivity index (χ3v) is 4.95. The van der Waals surface area contributed by atoms with Crippen molar-refractivity contribution in [1.29, 1.82) is 0 Å². The maximum atomic E-state index is 13.2. The number of carbonyl (C=O) groups is 1. The summed E-state index contributed by atoms with van der Waals surface area (Å²) in [4.78, 5) is 16.6. The quantitative estimate of drug-likeness (QED) is 0.623. The number of hydrogen-bond donors (Lipinski definition) is 1. The number of benzene rings is 1. The van der Waals surface area contributed by atoms with Crippen molar-refractivity contribution >= 4 is 22.4 Å². The molecule has 1 unspecified atom stereocenters. The predicted molar refractivity (Wildman–Crippen MR) is 103 cm³/mol. The summed E-state index contributed by atoms with van der Waals surface area (Å²) in [6, 6.07) is 7.91. The minimum Gasteiger partial charge on any atom is -0.336 e. The smallest absolute Gasteiger partial charge is 0.274 e. The van der Waals surface area contributed by atoms with E-state index in [1.165, 1.54) is 12.1 Å². The number of carbonyl (C=O) groups excluding carboxylic acids is 1. The third kappa shape index (κ3) is 4.60. The van der Waals surface area contributed by atoms with E-state index in [1.807, 2.05) is 23.8 Å². The average Bonchev–Trinajstić information content (AvgIpc) is 3.20. The van der Waals surface area contributed by atoms with E-state index in [-0.39, 0.29) is 22.9 Å². The molecule has 4 nitrogen and oxygen atoms in total. The molecule has 0 fully saturated rings.